The first-order valence-electron chi connectivity index (χ1n) is 9.88. The molecular weight excluding hydrogens is 394 g/mol. The van der Waals surface area contributed by atoms with E-state index in [4.69, 9.17) is 13.9 Å². The molecule has 31 heavy (non-hydrogen) atoms. The van der Waals surface area contributed by atoms with Gasteiger partial charge in [-0.1, -0.05) is 65.8 Å². The Morgan fingerprint density at radius 2 is 1.58 bits per heavy atom. The Morgan fingerprint density at radius 1 is 0.839 bits per heavy atom. The maximum Gasteiger partial charge on any atom is 0.322 e. The highest BCUT2D eigenvalue weighted by molar-refractivity contribution is 5.90. The molecule has 1 aliphatic rings. The number of anilines is 1. The van der Waals surface area contributed by atoms with Crippen molar-refractivity contribution < 1.29 is 18.7 Å². The molecule has 1 aromatic heterocycles. The molecule has 1 amide bonds. The number of fused-ring (bicyclic) bond motifs is 1. The molecule has 0 fully saturated rings. The van der Waals surface area contributed by atoms with E-state index in [1.807, 2.05) is 60.7 Å². The van der Waals surface area contributed by atoms with Crippen LogP contribution in [-0.2, 0) is 17.6 Å². The van der Waals surface area contributed by atoms with Crippen LogP contribution in [0.15, 0.2) is 77.2 Å². The number of carbonyl (C=O) groups is 1. The van der Waals surface area contributed by atoms with Gasteiger partial charge in [0.2, 0.25) is 18.6 Å². The van der Waals surface area contributed by atoms with Crippen LogP contribution < -0.4 is 14.8 Å². The van der Waals surface area contributed by atoms with Crippen molar-refractivity contribution in [1.29, 1.82) is 0 Å². The molecule has 1 aliphatic heterocycles. The van der Waals surface area contributed by atoms with E-state index < -0.39 is 0 Å². The molecular formula is C24H19N3O4. The molecule has 0 atom stereocenters. The zero-order chi connectivity index (χ0) is 21.0. The fourth-order valence-corrected chi connectivity index (χ4v) is 3.40. The number of hydrogen-bond donors (Lipinski definition) is 1. The van der Waals surface area contributed by atoms with Crippen molar-refractivity contribution in [1.82, 2.24) is 10.2 Å². The van der Waals surface area contributed by atoms with Crippen molar-refractivity contribution in [2.75, 3.05) is 12.1 Å². The first-order valence-corrected chi connectivity index (χ1v) is 9.88. The van der Waals surface area contributed by atoms with Crippen LogP contribution in [0.1, 0.15) is 17.0 Å². The zero-order valence-corrected chi connectivity index (χ0v) is 16.6. The van der Waals surface area contributed by atoms with E-state index in [0.29, 0.717) is 18.1 Å². The first-order chi connectivity index (χ1) is 15.2. The number of rotatable bonds is 6. The molecule has 0 spiro atoms. The number of nitrogens with zero attached hydrogens (tertiary/aromatic N) is 2. The standard InChI is InChI=1S/C24H19N3O4/c28-22(13-16-6-9-19(10-7-16)18-4-2-1-3-5-18)25-24-27-26-23(31-24)14-17-8-11-20-21(12-17)30-15-29-20/h1-12H,13-15H2,(H,25,27,28). The number of ether oxygens (including phenoxy) is 2. The van der Waals surface area contributed by atoms with Crippen LogP contribution in [0.5, 0.6) is 11.5 Å². The minimum Gasteiger partial charge on any atom is -0.454 e. The van der Waals surface area contributed by atoms with Gasteiger partial charge in [0.25, 0.3) is 0 Å². The van der Waals surface area contributed by atoms with Gasteiger partial charge in [0.15, 0.2) is 11.5 Å². The molecule has 1 N–H and O–H groups in total. The Morgan fingerprint density at radius 3 is 2.42 bits per heavy atom. The van der Waals surface area contributed by atoms with Gasteiger partial charge >= 0.3 is 6.01 Å². The maximum absolute atomic E-state index is 12.4. The number of hydrogen-bond acceptors (Lipinski definition) is 6. The lowest BCUT2D eigenvalue weighted by atomic mass is 10.0. The van der Waals surface area contributed by atoms with Gasteiger partial charge in [-0.05, 0) is 34.4 Å². The van der Waals surface area contributed by atoms with Crippen LogP contribution in [0.3, 0.4) is 0 Å². The molecule has 3 aromatic carbocycles. The van der Waals surface area contributed by atoms with E-state index >= 15 is 0 Å². The molecule has 7 heteroatoms. The summed E-state index contributed by atoms with van der Waals surface area (Å²) < 4.78 is 16.3. The lowest BCUT2D eigenvalue weighted by Gasteiger charge is -2.04. The third-order valence-corrected chi connectivity index (χ3v) is 4.93. The van der Waals surface area contributed by atoms with Crippen LogP contribution in [0.25, 0.3) is 11.1 Å². The largest absolute Gasteiger partial charge is 0.454 e. The summed E-state index contributed by atoms with van der Waals surface area (Å²) in [6.45, 7) is 0.227. The highest BCUT2D eigenvalue weighted by Crippen LogP contribution is 2.33. The SMILES string of the molecule is O=C(Cc1ccc(-c2ccccc2)cc1)Nc1nnc(Cc2ccc3c(c2)OCO3)o1. The van der Waals surface area contributed by atoms with Crippen molar-refractivity contribution in [2.24, 2.45) is 0 Å². The first kappa shape index (κ1) is 18.9. The zero-order valence-electron chi connectivity index (χ0n) is 16.6. The van der Waals surface area contributed by atoms with Gasteiger partial charge in [0.05, 0.1) is 12.8 Å². The van der Waals surface area contributed by atoms with E-state index in [9.17, 15) is 4.79 Å². The fraction of sp³-hybridized carbons (Fsp3) is 0.125. The van der Waals surface area contributed by atoms with E-state index in [0.717, 1.165) is 28.0 Å². The molecule has 0 saturated carbocycles. The van der Waals surface area contributed by atoms with Crippen LogP contribution >= 0.6 is 0 Å². The Balaban J connectivity index is 1.18. The van der Waals surface area contributed by atoms with Gasteiger partial charge in [-0.15, -0.1) is 5.10 Å². The molecule has 0 aliphatic carbocycles. The van der Waals surface area contributed by atoms with E-state index in [-0.39, 0.29) is 25.1 Å². The minimum absolute atomic E-state index is 0.0849. The summed E-state index contributed by atoms with van der Waals surface area (Å²) in [5.74, 6) is 1.61. The number of amides is 1. The third kappa shape index (κ3) is 4.40. The normalized spacial score (nSPS) is 12.0. The maximum atomic E-state index is 12.4. The highest BCUT2D eigenvalue weighted by Gasteiger charge is 2.15. The lowest BCUT2D eigenvalue weighted by Crippen LogP contribution is -2.14. The van der Waals surface area contributed by atoms with Crippen molar-refractivity contribution in [2.45, 2.75) is 12.8 Å². The van der Waals surface area contributed by atoms with Crippen molar-refractivity contribution in [3.05, 3.63) is 89.8 Å². The van der Waals surface area contributed by atoms with Crippen LogP contribution in [0, 0.1) is 0 Å². The topological polar surface area (TPSA) is 86.5 Å². The summed E-state index contributed by atoms with van der Waals surface area (Å²) in [7, 11) is 0. The van der Waals surface area contributed by atoms with Gasteiger partial charge in [-0.3, -0.25) is 10.1 Å². The molecule has 0 bridgehead atoms. The molecule has 0 saturated heterocycles. The number of carbonyl (C=O) groups excluding carboxylic acids is 1. The van der Waals surface area contributed by atoms with E-state index in [1.54, 1.807) is 0 Å². The summed E-state index contributed by atoms with van der Waals surface area (Å²) in [5, 5.41) is 10.6. The summed E-state index contributed by atoms with van der Waals surface area (Å²) in [6.07, 6.45) is 0.648. The average Bonchev–Trinajstić information content (AvgIpc) is 3.44. The predicted molar refractivity (Wildman–Crippen MR) is 114 cm³/mol. The van der Waals surface area contributed by atoms with Gasteiger partial charge in [-0.2, -0.15) is 0 Å². The quantitative estimate of drug-likeness (QED) is 0.509. The van der Waals surface area contributed by atoms with Crippen LogP contribution in [-0.4, -0.2) is 22.9 Å². The summed E-state index contributed by atoms with van der Waals surface area (Å²) in [4.78, 5) is 12.4. The van der Waals surface area contributed by atoms with Crippen LogP contribution in [0.4, 0.5) is 6.01 Å². The molecule has 154 valence electrons. The summed E-state index contributed by atoms with van der Waals surface area (Å²) >= 11 is 0. The fourth-order valence-electron chi connectivity index (χ4n) is 3.40. The third-order valence-electron chi connectivity index (χ3n) is 4.93. The van der Waals surface area contributed by atoms with Crippen molar-refractivity contribution in [3.63, 3.8) is 0 Å². The summed E-state index contributed by atoms with van der Waals surface area (Å²) in [6, 6.07) is 23.7. The molecule has 4 aromatic rings. The van der Waals surface area contributed by atoms with Crippen LogP contribution in [0.2, 0.25) is 0 Å². The Kier molecular flexibility index (Phi) is 5.06. The van der Waals surface area contributed by atoms with Gasteiger partial charge in [0.1, 0.15) is 0 Å². The van der Waals surface area contributed by atoms with Gasteiger partial charge in [0, 0.05) is 0 Å². The second-order valence-corrected chi connectivity index (χ2v) is 7.15. The smallest absolute Gasteiger partial charge is 0.322 e. The highest BCUT2D eigenvalue weighted by atomic mass is 16.7. The minimum atomic E-state index is -0.217. The second kappa shape index (κ2) is 8.31. The molecule has 0 unspecified atom stereocenters. The molecule has 5 rings (SSSR count). The molecule has 2 heterocycles. The molecule has 0 radical (unpaired) electrons. The second-order valence-electron chi connectivity index (χ2n) is 7.15. The number of benzene rings is 3. The van der Waals surface area contributed by atoms with Crippen molar-refractivity contribution >= 4 is 11.9 Å². The van der Waals surface area contributed by atoms with Crippen molar-refractivity contribution in [3.8, 4) is 22.6 Å². The Bertz CT molecular complexity index is 1200. The predicted octanol–water partition coefficient (Wildman–Crippen LogP) is 4.24. The Hall–Kier alpha value is -4.13. The summed E-state index contributed by atoms with van der Waals surface area (Å²) in [5.41, 5.74) is 4.09. The average molecular weight is 413 g/mol. The monoisotopic (exact) mass is 413 g/mol. The number of nitrogens with one attached hydrogen (secondary N) is 1. The van der Waals surface area contributed by atoms with Gasteiger partial charge < -0.3 is 13.9 Å². The molecule has 7 nitrogen and oxygen atoms in total. The van der Waals surface area contributed by atoms with E-state index in [2.05, 4.69) is 27.6 Å². The number of aromatic nitrogens is 2. The lowest BCUT2D eigenvalue weighted by molar-refractivity contribution is -0.115. The Labute approximate surface area is 178 Å². The van der Waals surface area contributed by atoms with Gasteiger partial charge in [-0.25, -0.2) is 0 Å². The van der Waals surface area contributed by atoms with E-state index in [1.165, 1.54) is 0 Å².